The lowest BCUT2D eigenvalue weighted by atomic mass is 10.1. The Labute approximate surface area is 235 Å². The summed E-state index contributed by atoms with van der Waals surface area (Å²) in [4.78, 5) is 34.9. The minimum absolute atomic E-state index is 0.0418. The number of nitrogens with zero attached hydrogens (tertiary/aromatic N) is 8. The monoisotopic (exact) mass is 587 g/mol. The molecule has 0 aliphatic heterocycles. The van der Waals surface area contributed by atoms with Crippen LogP contribution in [0.1, 0.15) is 44.9 Å². The fourth-order valence-electron chi connectivity index (χ4n) is 3.63. The number of alkyl halides is 3. The van der Waals surface area contributed by atoms with Crippen molar-refractivity contribution in [1.82, 2.24) is 45.6 Å². The summed E-state index contributed by atoms with van der Waals surface area (Å²) in [6, 6.07) is 7.23. The second kappa shape index (κ2) is 11.7. The van der Waals surface area contributed by atoms with Crippen LogP contribution in [0.5, 0.6) is 0 Å². The van der Waals surface area contributed by atoms with Crippen LogP contribution in [0, 0.1) is 13.5 Å². The Balaban J connectivity index is 1.75. The van der Waals surface area contributed by atoms with Gasteiger partial charge in [0.15, 0.2) is 11.5 Å². The Bertz CT molecular complexity index is 1660. The molecule has 0 radical (unpaired) electrons. The number of rotatable bonds is 8. The van der Waals surface area contributed by atoms with Crippen LogP contribution in [-0.4, -0.2) is 60.0 Å². The third-order valence-electron chi connectivity index (χ3n) is 5.66. The predicted molar refractivity (Wildman–Crippen MR) is 140 cm³/mol. The molecule has 2 amide bonds. The number of benzene rings is 1. The number of amides is 2. The Morgan fingerprint density at radius 1 is 1.20 bits per heavy atom. The third kappa shape index (κ3) is 6.48. The predicted octanol–water partition coefficient (Wildman–Crippen LogP) is 3.38. The molecule has 3 aromatic heterocycles. The number of hydrogen-bond acceptors (Lipinski definition) is 8. The molecule has 4 rings (SSSR count). The van der Waals surface area contributed by atoms with Crippen LogP contribution in [0.2, 0.25) is 5.02 Å². The lowest BCUT2D eigenvalue weighted by molar-refractivity contribution is -0.145. The average Bonchev–Trinajstić information content (AvgIpc) is 3.57. The van der Waals surface area contributed by atoms with Crippen LogP contribution in [0.25, 0.3) is 10.7 Å². The van der Waals surface area contributed by atoms with E-state index in [1.165, 1.54) is 30.5 Å². The van der Waals surface area contributed by atoms with Crippen LogP contribution in [-0.2, 0) is 12.7 Å². The topological polar surface area (TPSA) is 149 Å². The zero-order valence-corrected chi connectivity index (χ0v) is 22.4. The van der Waals surface area contributed by atoms with Crippen LogP contribution in [0.15, 0.2) is 36.5 Å². The number of aromatic nitrogens is 7. The highest BCUT2D eigenvalue weighted by molar-refractivity contribution is 6.32. The summed E-state index contributed by atoms with van der Waals surface area (Å²) in [5.41, 5.74) is 0.776. The number of tetrazole rings is 1. The van der Waals surface area contributed by atoms with Gasteiger partial charge >= 0.3 is 6.18 Å². The lowest BCUT2D eigenvalue weighted by Crippen LogP contribution is -2.41. The smallest absolute Gasteiger partial charge is 0.337 e. The summed E-state index contributed by atoms with van der Waals surface area (Å²) in [6.45, 7) is 10.3. The molecule has 3 heterocycles. The molecule has 4 aromatic rings. The van der Waals surface area contributed by atoms with Gasteiger partial charge in [-0.15, -0.1) is 10.2 Å². The molecule has 0 bridgehead atoms. The molecular formula is C24H21ClF3N11O2. The van der Waals surface area contributed by atoms with Crippen molar-refractivity contribution in [2.45, 2.75) is 32.7 Å². The average molecular weight is 588 g/mol. The first-order valence-electron chi connectivity index (χ1n) is 11.8. The quantitative estimate of drug-likeness (QED) is 0.210. The number of carbonyl (C=O) groups excluding carboxylic acids is 2. The van der Waals surface area contributed by atoms with E-state index in [4.69, 9.17) is 18.2 Å². The van der Waals surface area contributed by atoms with Crippen molar-refractivity contribution in [3.8, 4) is 5.82 Å². The van der Waals surface area contributed by atoms with Gasteiger partial charge in [-0.05, 0) is 55.9 Å². The van der Waals surface area contributed by atoms with E-state index < -0.39 is 30.0 Å². The molecule has 0 saturated carbocycles. The van der Waals surface area contributed by atoms with E-state index in [0.29, 0.717) is 10.4 Å². The van der Waals surface area contributed by atoms with Crippen LogP contribution in [0.3, 0.4) is 0 Å². The molecule has 0 aliphatic rings. The molecule has 1 unspecified atom stereocenters. The SMILES string of the molecule is [C-]#[N+]c1cc(C)c(NC(=O)c2cc(Cn3nnc(C(F)(F)F)n3)nn2-c2ncccc2Cl)c(C(=O)NC(C)NC)c1. The molecular weight excluding hydrogens is 567 g/mol. The van der Waals surface area contributed by atoms with Crippen molar-refractivity contribution in [1.29, 1.82) is 0 Å². The fourth-order valence-corrected chi connectivity index (χ4v) is 3.84. The number of halogens is 4. The molecule has 0 saturated heterocycles. The van der Waals surface area contributed by atoms with Gasteiger partial charge in [0.2, 0.25) is 0 Å². The molecule has 1 atom stereocenters. The van der Waals surface area contributed by atoms with E-state index in [9.17, 15) is 22.8 Å². The van der Waals surface area contributed by atoms with Crippen molar-refractivity contribution in [3.05, 3.63) is 81.3 Å². The normalized spacial score (nSPS) is 12.0. The maximum atomic E-state index is 13.6. The van der Waals surface area contributed by atoms with Crippen LogP contribution < -0.4 is 16.0 Å². The van der Waals surface area contributed by atoms with E-state index in [1.807, 2.05) is 0 Å². The van der Waals surface area contributed by atoms with Gasteiger partial charge in [-0.25, -0.2) is 14.5 Å². The Hall–Kier alpha value is -4.88. The molecule has 1 aromatic carbocycles. The zero-order valence-electron chi connectivity index (χ0n) is 21.7. The van der Waals surface area contributed by atoms with Gasteiger partial charge in [0.1, 0.15) is 12.2 Å². The first-order valence-corrected chi connectivity index (χ1v) is 12.2. The van der Waals surface area contributed by atoms with Crippen molar-refractivity contribution in [2.75, 3.05) is 12.4 Å². The highest BCUT2D eigenvalue weighted by Crippen LogP contribution is 2.29. The molecule has 0 spiro atoms. The Morgan fingerprint density at radius 3 is 2.59 bits per heavy atom. The first kappa shape index (κ1) is 29.1. The minimum atomic E-state index is -4.79. The van der Waals surface area contributed by atoms with Crippen molar-refractivity contribution >= 4 is 34.8 Å². The van der Waals surface area contributed by atoms with Gasteiger partial charge in [0.25, 0.3) is 17.6 Å². The van der Waals surface area contributed by atoms with Crippen molar-refractivity contribution < 1.29 is 22.8 Å². The third-order valence-corrected chi connectivity index (χ3v) is 5.95. The second-order valence-corrected chi connectivity index (χ2v) is 9.02. The number of pyridine rings is 1. The van der Waals surface area contributed by atoms with Gasteiger partial charge in [-0.3, -0.25) is 9.59 Å². The Morgan fingerprint density at radius 2 is 1.95 bits per heavy atom. The number of hydrogen-bond donors (Lipinski definition) is 3. The second-order valence-electron chi connectivity index (χ2n) is 8.62. The first-order chi connectivity index (χ1) is 19.4. The summed E-state index contributed by atoms with van der Waals surface area (Å²) in [7, 11) is 1.65. The number of aryl methyl sites for hydroxylation is 1. The van der Waals surface area contributed by atoms with Gasteiger partial charge in [0, 0.05) is 6.20 Å². The largest absolute Gasteiger partial charge is 0.455 e. The van der Waals surface area contributed by atoms with Gasteiger partial charge in [0.05, 0.1) is 34.7 Å². The van der Waals surface area contributed by atoms with E-state index in [-0.39, 0.29) is 45.7 Å². The summed E-state index contributed by atoms with van der Waals surface area (Å²) in [6.07, 6.45) is -3.79. The number of carbonyl (C=O) groups is 2. The van der Waals surface area contributed by atoms with E-state index >= 15 is 0 Å². The molecule has 17 heteroatoms. The van der Waals surface area contributed by atoms with E-state index in [2.05, 4.69) is 46.3 Å². The summed E-state index contributed by atoms with van der Waals surface area (Å²) >= 11 is 6.30. The number of anilines is 1. The Kier molecular flexibility index (Phi) is 8.31. The number of nitrogens with one attached hydrogen (secondary N) is 3. The van der Waals surface area contributed by atoms with Gasteiger partial charge in [-0.2, -0.15) is 23.1 Å². The zero-order chi connectivity index (χ0) is 29.9. The van der Waals surface area contributed by atoms with Crippen molar-refractivity contribution in [2.24, 2.45) is 0 Å². The maximum absolute atomic E-state index is 13.6. The van der Waals surface area contributed by atoms with Gasteiger partial charge in [-0.1, -0.05) is 17.7 Å². The summed E-state index contributed by atoms with van der Waals surface area (Å²) < 4.78 is 39.9. The van der Waals surface area contributed by atoms with E-state index in [1.54, 1.807) is 27.0 Å². The molecule has 212 valence electrons. The van der Waals surface area contributed by atoms with Gasteiger partial charge < -0.3 is 16.0 Å². The van der Waals surface area contributed by atoms with Crippen LogP contribution in [0.4, 0.5) is 24.5 Å². The van der Waals surface area contributed by atoms with Crippen LogP contribution >= 0.6 is 11.6 Å². The highest BCUT2D eigenvalue weighted by atomic mass is 35.5. The highest BCUT2D eigenvalue weighted by Gasteiger charge is 2.37. The fraction of sp³-hybridized carbons (Fsp3) is 0.250. The van der Waals surface area contributed by atoms with Crippen molar-refractivity contribution in [3.63, 3.8) is 0 Å². The molecule has 0 aliphatic carbocycles. The minimum Gasteiger partial charge on any atom is -0.337 e. The molecule has 0 fully saturated rings. The molecule has 41 heavy (non-hydrogen) atoms. The lowest BCUT2D eigenvalue weighted by Gasteiger charge is -2.18. The maximum Gasteiger partial charge on any atom is 0.455 e. The molecule has 13 nitrogen and oxygen atoms in total. The summed E-state index contributed by atoms with van der Waals surface area (Å²) in [5, 5.41) is 22.4. The summed E-state index contributed by atoms with van der Waals surface area (Å²) in [5.74, 6) is -2.66. The standard InChI is InChI=1S/C24H21ClF3N11O2/c1-12-8-14(30-4)9-16(21(40)32-13(2)29-3)19(12)33-22(41)18-10-15(11-38-36-23(34-37-38)24(26,27)28)35-39(18)20-17(25)6-5-7-31-20/h5-10,13,29H,11H2,1-3H3,(H,32,40)(H,33,41). The molecule has 3 N–H and O–H groups in total. The van der Waals surface area contributed by atoms with E-state index in [0.717, 1.165) is 4.68 Å².